The Morgan fingerprint density at radius 2 is 1.10 bits per heavy atom. The highest BCUT2D eigenvalue weighted by atomic mass is 16.5. The van der Waals surface area contributed by atoms with Crippen molar-refractivity contribution < 1.29 is 34.7 Å². The first-order valence-corrected chi connectivity index (χ1v) is 16.0. The van der Waals surface area contributed by atoms with Crippen molar-refractivity contribution in [1.82, 2.24) is 0 Å². The minimum atomic E-state index is -1.67. The normalized spacial score (nSPS) is 21.1. The zero-order valence-corrected chi connectivity index (χ0v) is 26.1. The van der Waals surface area contributed by atoms with Gasteiger partial charge in [-0.1, -0.05) is 91.0 Å². The van der Waals surface area contributed by atoms with Crippen molar-refractivity contribution in [1.29, 1.82) is 0 Å². The molecule has 1 fully saturated rings. The predicted molar refractivity (Wildman–Crippen MR) is 182 cm³/mol. The van der Waals surface area contributed by atoms with Gasteiger partial charge in [0.15, 0.2) is 0 Å². The number of hydrogen-bond donors (Lipinski definition) is 5. The number of aromatic hydroxyl groups is 1. The number of benzene rings is 5. The largest absolute Gasteiger partial charge is 0.507 e. The third-order valence-corrected chi connectivity index (χ3v) is 9.27. The van der Waals surface area contributed by atoms with Crippen molar-refractivity contribution >= 4 is 21.9 Å². The minimum absolute atomic E-state index is 0.0834. The quantitative estimate of drug-likeness (QED) is 0.147. The van der Waals surface area contributed by atoms with E-state index in [0.29, 0.717) is 24.0 Å². The summed E-state index contributed by atoms with van der Waals surface area (Å²) in [5.41, 5.74) is 5.67. The number of aliphatic hydroxyl groups is 4. The van der Waals surface area contributed by atoms with Gasteiger partial charge in [0.25, 0.3) is 0 Å². The summed E-state index contributed by atoms with van der Waals surface area (Å²) in [4.78, 5) is 14.4. The van der Waals surface area contributed by atoms with E-state index in [1.807, 2.05) is 91.0 Å². The smallest absolute Gasteiger partial charge is 0.204 e. The molecular weight excluding hydrogens is 608 g/mol. The summed E-state index contributed by atoms with van der Waals surface area (Å²) in [6, 6.07) is 34.9. The van der Waals surface area contributed by atoms with Gasteiger partial charge in [0, 0.05) is 5.56 Å². The Morgan fingerprint density at radius 3 is 1.65 bits per heavy atom. The molecule has 0 spiro atoms. The SMILES string of the molecule is O=c1c2cc(Cc3ccccc3)c(Cc3ccccc3)cc2oc2cc(Cc3ccccc3)c([C@@H]3O[C@H](CO)[C@@H](O)[C@H](O)[C@H]3O)c(O)c12. The molecule has 0 bridgehead atoms. The Balaban J connectivity index is 1.44. The van der Waals surface area contributed by atoms with Gasteiger partial charge in [0.2, 0.25) is 5.43 Å². The van der Waals surface area contributed by atoms with Gasteiger partial charge in [-0.3, -0.25) is 4.79 Å². The summed E-state index contributed by atoms with van der Waals surface area (Å²) in [7, 11) is 0. The number of rotatable bonds is 8. The Bertz CT molecular complexity index is 2110. The lowest BCUT2D eigenvalue weighted by atomic mass is 9.86. The number of phenolic OH excluding ortho intramolecular Hbond substituents is 1. The van der Waals surface area contributed by atoms with E-state index in [1.165, 1.54) is 0 Å². The maximum Gasteiger partial charge on any atom is 0.204 e. The molecule has 7 rings (SSSR count). The highest BCUT2D eigenvalue weighted by Crippen LogP contribution is 2.43. The van der Waals surface area contributed by atoms with Gasteiger partial charge in [0.1, 0.15) is 52.8 Å². The van der Waals surface area contributed by atoms with Gasteiger partial charge in [-0.25, -0.2) is 0 Å². The summed E-state index contributed by atoms with van der Waals surface area (Å²) < 4.78 is 12.3. The van der Waals surface area contributed by atoms with E-state index in [1.54, 1.807) is 6.07 Å². The van der Waals surface area contributed by atoms with Gasteiger partial charge in [-0.05, 0) is 70.8 Å². The lowest BCUT2D eigenvalue weighted by molar-refractivity contribution is -0.232. The van der Waals surface area contributed by atoms with Crippen LogP contribution in [0.2, 0.25) is 0 Å². The molecule has 5 atom stereocenters. The van der Waals surface area contributed by atoms with Crippen molar-refractivity contribution in [3.63, 3.8) is 0 Å². The molecular formula is C40H36O8. The highest BCUT2D eigenvalue weighted by Gasteiger charge is 2.46. The maximum absolute atomic E-state index is 14.4. The minimum Gasteiger partial charge on any atom is -0.507 e. The summed E-state index contributed by atoms with van der Waals surface area (Å²) in [6.07, 6.45) is -6.00. The van der Waals surface area contributed by atoms with Crippen molar-refractivity contribution in [2.24, 2.45) is 0 Å². The summed E-state index contributed by atoms with van der Waals surface area (Å²) in [5, 5.41) is 54.2. The second-order valence-corrected chi connectivity index (χ2v) is 12.5. The molecule has 1 saturated heterocycles. The fourth-order valence-corrected chi connectivity index (χ4v) is 6.77. The number of ether oxygens (including phenoxy) is 1. The molecule has 0 aliphatic carbocycles. The van der Waals surface area contributed by atoms with E-state index in [4.69, 9.17) is 9.15 Å². The molecule has 48 heavy (non-hydrogen) atoms. The molecule has 0 saturated carbocycles. The molecule has 2 heterocycles. The fraction of sp³-hybridized carbons (Fsp3) is 0.225. The maximum atomic E-state index is 14.4. The number of fused-ring (bicyclic) bond motifs is 2. The van der Waals surface area contributed by atoms with E-state index < -0.39 is 48.3 Å². The third-order valence-electron chi connectivity index (χ3n) is 9.27. The summed E-state index contributed by atoms with van der Waals surface area (Å²) in [5.74, 6) is -0.448. The lowest BCUT2D eigenvalue weighted by Gasteiger charge is -2.41. The Morgan fingerprint density at radius 1 is 0.604 bits per heavy atom. The van der Waals surface area contributed by atoms with Crippen LogP contribution in [0.25, 0.3) is 21.9 Å². The van der Waals surface area contributed by atoms with Gasteiger partial charge < -0.3 is 34.7 Å². The van der Waals surface area contributed by atoms with Crippen LogP contribution in [0.3, 0.4) is 0 Å². The summed E-state index contributed by atoms with van der Waals surface area (Å²) in [6.45, 7) is -0.633. The van der Waals surface area contributed by atoms with Crippen molar-refractivity contribution in [3.8, 4) is 5.75 Å². The molecule has 6 aromatic rings. The second-order valence-electron chi connectivity index (χ2n) is 12.5. The van der Waals surface area contributed by atoms with Crippen LogP contribution in [-0.4, -0.2) is 56.6 Å². The summed E-state index contributed by atoms with van der Waals surface area (Å²) >= 11 is 0. The molecule has 0 radical (unpaired) electrons. The molecule has 1 aromatic heterocycles. The van der Waals surface area contributed by atoms with Crippen LogP contribution < -0.4 is 5.43 Å². The average Bonchev–Trinajstić information content (AvgIpc) is 3.10. The highest BCUT2D eigenvalue weighted by molar-refractivity contribution is 5.95. The zero-order chi connectivity index (χ0) is 33.4. The predicted octanol–water partition coefficient (Wildman–Crippen LogP) is 4.94. The number of aliphatic hydroxyl groups excluding tert-OH is 4. The van der Waals surface area contributed by atoms with Crippen molar-refractivity contribution in [2.45, 2.75) is 49.8 Å². The van der Waals surface area contributed by atoms with Crippen LogP contribution in [-0.2, 0) is 24.0 Å². The van der Waals surface area contributed by atoms with Crippen LogP contribution in [0.5, 0.6) is 5.75 Å². The van der Waals surface area contributed by atoms with E-state index in [-0.39, 0.29) is 28.3 Å². The first-order chi connectivity index (χ1) is 23.3. The Hall–Kier alpha value is -4.83. The monoisotopic (exact) mass is 644 g/mol. The molecule has 1 aliphatic heterocycles. The molecule has 244 valence electrons. The van der Waals surface area contributed by atoms with Gasteiger partial charge in [0.05, 0.1) is 12.0 Å². The lowest BCUT2D eigenvalue weighted by Crippen LogP contribution is -2.55. The Labute approximate surface area is 276 Å². The van der Waals surface area contributed by atoms with E-state index >= 15 is 0 Å². The van der Waals surface area contributed by atoms with Crippen LogP contribution >= 0.6 is 0 Å². The van der Waals surface area contributed by atoms with Gasteiger partial charge in [-0.2, -0.15) is 0 Å². The average molecular weight is 645 g/mol. The van der Waals surface area contributed by atoms with Gasteiger partial charge >= 0.3 is 0 Å². The molecule has 1 aliphatic rings. The van der Waals surface area contributed by atoms with E-state index in [9.17, 15) is 30.3 Å². The molecule has 8 nitrogen and oxygen atoms in total. The van der Waals surface area contributed by atoms with E-state index in [0.717, 1.165) is 27.8 Å². The fourth-order valence-electron chi connectivity index (χ4n) is 6.77. The van der Waals surface area contributed by atoms with Gasteiger partial charge in [-0.15, -0.1) is 0 Å². The third kappa shape index (κ3) is 6.01. The topological polar surface area (TPSA) is 141 Å². The molecule has 0 amide bonds. The molecule has 5 N–H and O–H groups in total. The van der Waals surface area contributed by atoms with Crippen LogP contribution in [0.1, 0.15) is 45.0 Å². The zero-order valence-electron chi connectivity index (χ0n) is 26.1. The molecule has 8 heteroatoms. The first kappa shape index (κ1) is 31.8. The van der Waals surface area contributed by atoms with Crippen LogP contribution in [0.4, 0.5) is 0 Å². The number of phenols is 1. The Kier molecular flexibility index (Phi) is 8.83. The number of hydrogen-bond acceptors (Lipinski definition) is 8. The molecule has 5 aromatic carbocycles. The van der Waals surface area contributed by atoms with Crippen LogP contribution in [0, 0.1) is 0 Å². The standard InChI is InChI=1S/C40H36O8/c41-22-32-36(43)38(45)39(46)40(48-32)33-28(18-25-14-8-3-9-15-25)21-31-34(37(33)44)35(42)29-19-26(16-23-10-4-1-5-11-23)27(20-30(29)47-31)17-24-12-6-2-7-13-24/h1-15,19-21,32,36,38-41,43-46H,16-18,22H2/t32-,36-,38+,39-,40+/m1/s1. The second kappa shape index (κ2) is 13.4. The van der Waals surface area contributed by atoms with Crippen LogP contribution in [0.15, 0.2) is 118 Å². The van der Waals surface area contributed by atoms with Crippen molar-refractivity contribution in [3.05, 3.63) is 158 Å². The molecule has 0 unspecified atom stereocenters. The first-order valence-electron chi connectivity index (χ1n) is 16.0. The van der Waals surface area contributed by atoms with E-state index in [2.05, 4.69) is 12.1 Å². The van der Waals surface area contributed by atoms with Crippen molar-refractivity contribution in [2.75, 3.05) is 6.61 Å².